The zero-order chi connectivity index (χ0) is 12.5. The number of rotatable bonds is 4. The third kappa shape index (κ3) is 2.58. The molecule has 4 heteroatoms. The van der Waals surface area contributed by atoms with Gasteiger partial charge in [0.15, 0.2) is 0 Å². The van der Waals surface area contributed by atoms with E-state index in [2.05, 4.69) is 41.7 Å². The minimum atomic E-state index is -1.39. The van der Waals surface area contributed by atoms with E-state index in [1.165, 1.54) is 5.69 Å². The van der Waals surface area contributed by atoms with Crippen LogP contribution in [0.25, 0.3) is 11.0 Å². The van der Waals surface area contributed by atoms with Gasteiger partial charge in [-0.2, -0.15) is 0 Å². The van der Waals surface area contributed by atoms with Crippen LogP contribution in [0.1, 0.15) is 18.3 Å². The molecule has 0 aromatic carbocycles. The van der Waals surface area contributed by atoms with Gasteiger partial charge in [0.05, 0.1) is 13.8 Å². The first-order valence-corrected chi connectivity index (χ1v) is 9.65. The molecule has 0 saturated heterocycles. The number of hydrogen-bond donors (Lipinski definition) is 1. The minimum absolute atomic E-state index is 0.210. The maximum Gasteiger partial charge on any atom is 0.137 e. The number of fused-ring (bicyclic) bond motifs is 1. The van der Waals surface area contributed by atoms with E-state index in [9.17, 15) is 0 Å². The molecule has 0 fully saturated rings. The molecule has 0 bridgehead atoms. The van der Waals surface area contributed by atoms with E-state index in [1.54, 1.807) is 0 Å². The van der Waals surface area contributed by atoms with Crippen LogP contribution >= 0.6 is 0 Å². The Morgan fingerprint density at radius 3 is 2.76 bits per heavy atom. The second-order valence-corrected chi connectivity index (χ2v) is 10.6. The Balaban J connectivity index is 2.42. The van der Waals surface area contributed by atoms with Crippen LogP contribution in [0.4, 0.5) is 0 Å². The predicted molar refractivity (Wildman–Crippen MR) is 73.8 cm³/mol. The Hall–Kier alpha value is -1.13. The van der Waals surface area contributed by atoms with Crippen molar-refractivity contribution in [3.05, 3.63) is 30.1 Å². The summed E-state index contributed by atoms with van der Waals surface area (Å²) in [5, 5.41) is 1.16. The second kappa shape index (κ2) is 4.62. The highest BCUT2D eigenvalue weighted by Crippen LogP contribution is 2.29. The standard InChI is InChI=1S/C13H20N2OSi/c1-5-16-13(17(2,3)4)11-9-10-7-6-8-14-12(10)15-11/h6-9,13H,5H2,1-4H3,(H,14,15). The van der Waals surface area contributed by atoms with Gasteiger partial charge in [-0.1, -0.05) is 19.6 Å². The van der Waals surface area contributed by atoms with Gasteiger partial charge in [-0.15, -0.1) is 0 Å². The fourth-order valence-corrected chi connectivity index (χ4v) is 3.85. The van der Waals surface area contributed by atoms with E-state index in [0.717, 1.165) is 17.6 Å². The first-order chi connectivity index (χ1) is 8.02. The van der Waals surface area contributed by atoms with Crippen molar-refractivity contribution in [2.75, 3.05) is 6.61 Å². The molecule has 1 unspecified atom stereocenters. The van der Waals surface area contributed by atoms with Crippen molar-refractivity contribution in [2.45, 2.75) is 32.3 Å². The molecule has 17 heavy (non-hydrogen) atoms. The molecule has 1 N–H and O–H groups in total. The molecule has 2 rings (SSSR count). The predicted octanol–water partition coefficient (Wildman–Crippen LogP) is 3.52. The largest absolute Gasteiger partial charge is 0.376 e. The van der Waals surface area contributed by atoms with Crippen LogP contribution in [-0.4, -0.2) is 24.6 Å². The molecular weight excluding hydrogens is 228 g/mol. The highest BCUT2D eigenvalue weighted by atomic mass is 28.3. The monoisotopic (exact) mass is 248 g/mol. The van der Waals surface area contributed by atoms with E-state index >= 15 is 0 Å². The van der Waals surface area contributed by atoms with Gasteiger partial charge in [0, 0.05) is 23.9 Å². The lowest BCUT2D eigenvalue weighted by Gasteiger charge is -2.27. The Morgan fingerprint density at radius 2 is 2.18 bits per heavy atom. The molecule has 0 aliphatic heterocycles. The fourth-order valence-electron chi connectivity index (χ4n) is 2.09. The van der Waals surface area contributed by atoms with Gasteiger partial charge in [-0.25, -0.2) is 4.98 Å². The molecular formula is C13H20N2OSi. The summed E-state index contributed by atoms with van der Waals surface area (Å²) >= 11 is 0. The van der Waals surface area contributed by atoms with Crippen LogP contribution in [0.3, 0.4) is 0 Å². The molecule has 0 amide bonds. The maximum absolute atomic E-state index is 5.92. The Labute approximate surface area is 103 Å². The van der Waals surface area contributed by atoms with E-state index in [1.807, 2.05) is 19.2 Å². The van der Waals surface area contributed by atoms with Crippen LogP contribution in [0, 0.1) is 0 Å². The number of aromatic nitrogens is 2. The van der Waals surface area contributed by atoms with Gasteiger partial charge in [-0.05, 0) is 25.1 Å². The highest BCUT2D eigenvalue weighted by Gasteiger charge is 2.30. The number of pyridine rings is 1. The molecule has 92 valence electrons. The average Bonchev–Trinajstić information content (AvgIpc) is 2.67. The minimum Gasteiger partial charge on any atom is -0.376 e. The smallest absolute Gasteiger partial charge is 0.137 e. The summed E-state index contributed by atoms with van der Waals surface area (Å²) in [7, 11) is -1.39. The fraction of sp³-hybridized carbons (Fsp3) is 0.462. The normalized spacial score (nSPS) is 14.1. The summed E-state index contributed by atoms with van der Waals surface area (Å²) in [6, 6.07) is 6.21. The molecule has 0 aliphatic rings. The van der Waals surface area contributed by atoms with Crippen molar-refractivity contribution in [1.29, 1.82) is 0 Å². The Kier molecular flexibility index (Phi) is 3.35. The van der Waals surface area contributed by atoms with Crippen LogP contribution in [0.2, 0.25) is 19.6 Å². The third-order valence-corrected chi connectivity index (χ3v) is 4.87. The van der Waals surface area contributed by atoms with Gasteiger partial charge in [0.25, 0.3) is 0 Å². The first-order valence-electron chi connectivity index (χ1n) is 6.07. The molecule has 3 nitrogen and oxygen atoms in total. The number of nitrogens with zero attached hydrogens (tertiary/aromatic N) is 1. The van der Waals surface area contributed by atoms with Gasteiger partial charge in [0.1, 0.15) is 5.65 Å². The summed E-state index contributed by atoms with van der Waals surface area (Å²) in [6.07, 6.45) is 1.81. The highest BCUT2D eigenvalue weighted by molar-refractivity contribution is 6.77. The number of nitrogens with one attached hydrogen (secondary N) is 1. The quantitative estimate of drug-likeness (QED) is 0.841. The molecule has 2 aromatic heterocycles. The van der Waals surface area contributed by atoms with Gasteiger partial charge in [-0.3, -0.25) is 0 Å². The van der Waals surface area contributed by atoms with Crippen LogP contribution in [0.5, 0.6) is 0 Å². The molecule has 2 heterocycles. The van der Waals surface area contributed by atoms with E-state index in [0.29, 0.717) is 0 Å². The molecule has 0 saturated carbocycles. The van der Waals surface area contributed by atoms with E-state index < -0.39 is 8.07 Å². The van der Waals surface area contributed by atoms with Crippen LogP contribution in [-0.2, 0) is 4.74 Å². The maximum atomic E-state index is 5.92. The molecule has 0 radical (unpaired) electrons. The van der Waals surface area contributed by atoms with Gasteiger partial charge in [0.2, 0.25) is 0 Å². The number of hydrogen-bond acceptors (Lipinski definition) is 2. The van der Waals surface area contributed by atoms with Crippen molar-refractivity contribution in [1.82, 2.24) is 9.97 Å². The Bertz CT molecular complexity index is 468. The van der Waals surface area contributed by atoms with E-state index in [4.69, 9.17) is 4.74 Å². The van der Waals surface area contributed by atoms with Crippen LogP contribution in [0.15, 0.2) is 24.4 Å². The summed E-state index contributed by atoms with van der Waals surface area (Å²) in [5.41, 5.74) is 2.33. The van der Waals surface area contributed by atoms with Gasteiger partial charge < -0.3 is 9.72 Å². The van der Waals surface area contributed by atoms with Crippen molar-refractivity contribution in [2.24, 2.45) is 0 Å². The van der Waals surface area contributed by atoms with Gasteiger partial charge >= 0.3 is 0 Å². The van der Waals surface area contributed by atoms with Crippen molar-refractivity contribution < 1.29 is 4.74 Å². The topological polar surface area (TPSA) is 37.9 Å². The first kappa shape index (κ1) is 12.3. The lowest BCUT2D eigenvalue weighted by atomic mass is 10.3. The van der Waals surface area contributed by atoms with Crippen molar-refractivity contribution in [3.63, 3.8) is 0 Å². The number of aromatic amines is 1. The zero-order valence-corrected chi connectivity index (χ0v) is 11.9. The summed E-state index contributed by atoms with van der Waals surface area (Å²) < 4.78 is 5.92. The van der Waals surface area contributed by atoms with Crippen LogP contribution < -0.4 is 0 Å². The molecule has 1 atom stereocenters. The second-order valence-electron chi connectivity index (χ2n) is 5.37. The lowest BCUT2D eigenvalue weighted by molar-refractivity contribution is 0.110. The number of H-pyrrole nitrogens is 1. The van der Waals surface area contributed by atoms with E-state index in [-0.39, 0.29) is 5.73 Å². The van der Waals surface area contributed by atoms with Crippen molar-refractivity contribution in [3.8, 4) is 0 Å². The molecule has 0 spiro atoms. The van der Waals surface area contributed by atoms with Crippen molar-refractivity contribution >= 4 is 19.1 Å². The third-order valence-electron chi connectivity index (χ3n) is 2.82. The molecule has 2 aromatic rings. The summed E-state index contributed by atoms with van der Waals surface area (Å²) in [4.78, 5) is 7.72. The SMILES string of the molecule is CCOC(c1cc2cccnc2[nH]1)[Si](C)(C)C. The molecule has 0 aliphatic carbocycles. The lowest BCUT2D eigenvalue weighted by Crippen LogP contribution is -2.33. The summed E-state index contributed by atoms with van der Waals surface area (Å²) in [5.74, 6) is 0. The summed E-state index contributed by atoms with van der Waals surface area (Å²) in [6.45, 7) is 9.77. The Morgan fingerprint density at radius 1 is 1.41 bits per heavy atom. The average molecular weight is 248 g/mol. The zero-order valence-electron chi connectivity index (χ0n) is 10.9. The number of ether oxygens (including phenoxy) is 1.